The van der Waals surface area contributed by atoms with E-state index in [1.165, 1.54) is 22.5 Å². The van der Waals surface area contributed by atoms with Gasteiger partial charge in [0, 0.05) is 25.2 Å². The van der Waals surface area contributed by atoms with Crippen molar-refractivity contribution in [3.8, 4) is 0 Å². The summed E-state index contributed by atoms with van der Waals surface area (Å²) in [6, 6.07) is 5.83. The molecule has 0 radical (unpaired) electrons. The van der Waals surface area contributed by atoms with Gasteiger partial charge in [-0.2, -0.15) is 0 Å². The highest BCUT2D eigenvalue weighted by Crippen LogP contribution is 2.62. The van der Waals surface area contributed by atoms with Gasteiger partial charge in [-0.25, -0.2) is 12.7 Å². The number of benzene rings is 1. The maximum Gasteiger partial charge on any atom is 0.269 e. The zero-order chi connectivity index (χ0) is 15.4. The Morgan fingerprint density at radius 3 is 2.52 bits per heavy atom. The fraction of sp³-hybridized carbons (Fsp3) is 0.571. The fourth-order valence-electron chi connectivity index (χ4n) is 3.38. The number of hydrogen-bond donors (Lipinski definition) is 0. The summed E-state index contributed by atoms with van der Waals surface area (Å²) in [7, 11) is -3.40. The van der Waals surface area contributed by atoms with Gasteiger partial charge >= 0.3 is 0 Å². The molecular weight excluding hydrogens is 292 g/mol. The Bertz CT molecular complexity index is 685. The van der Waals surface area contributed by atoms with E-state index in [1.807, 2.05) is 0 Å². The van der Waals surface area contributed by atoms with E-state index in [2.05, 4.69) is 13.8 Å². The van der Waals surface area contributed by atoms with Crippen LogP contribution in [0.4, 0.5) is 5.69 Å². The van der Waals surface area contributed by atoms with E-state index in [0.717, 1.165) is 0 Å². The summed E-state index contributed by atoms with van der Waals surface area (Å²) in [5, 5.41) is 10.7. The number of hydrogen-bond acceptors (Lipinski definition) is 4. The average molecular weight is 310 g/mol. The minimum atomic E-state index is -3.40. The summed E-state index contributed by atoms with van der Waals surface area (Å²) in [5.41, 5.74) is 0.648. The van der Waals surface area contributed by atoms with Gasteiger partial charge in [0.15, 0.2) is 0 Å². The molecule has 1 aromatic rings. The van der Waals surface area contributed by atoms with Crippen molar-refractivity contribution in [2.24, 2.45) is 17.3 Å². The Morgan fingerprint density at radius 2 is 1.95 bits per heavy atom. The van der Waals surface area contributed by atoms with Crippen LogP contribution in [0, 0.1) is 27.4 Å². The smallest absolute Gasteiger partial charge is 0.258 e. The Labute approximate surface area is 124 Å². The van der Waals surface area contributed by atoms with Gasteiger partial charge in [0.2, 0.25) is 10.0 Å². The zero-order valence-corrected chi connectivity index (χ0v) is 12.8. The molecule has 114 valence electrons. The standard InChI is InChI=1S/C14H18N2O4S/c1-14(2)12-7-15(8-13(12)14)21(19,20)9-10-4-3-5-11(6-10)16(17)18/h3-6,12-13H,7-9H2,1-2H3/t12-,13+. The van der Waals surface area contributed by atoms with Crippen LogP contribution in [0.5, 0.6) is 0 Å². The summed E-state index contributed by atoms with van der Waals surface area (Å²) in [6.07, 6.45) is 0. The van der Waals surface area contributed by atoms with E-state index in [-0.39, 0.29) is 16.9 Å². The van der Waals surface area contributed by atoms with Crippen molar-refractivity contribution in [3.05, 3.63) is 39.9 Å². The second kappa shape index (κ2) is 4.51. The third-order valence-electron chi connectivity index (χ3n) is 4.95. The van der Waals surface area contributed by atoms with Crippen molar-refractivity contribution in [2.45, 2.75) is 19.6 Å². The number of nitro benzene ring substituents is 1. The molecule has 6 nitrogen and oxygen atoms in total. The summed E-state index contributed by atoms with van der Waals surface area (Å²) in [5.74, 6) is 0.740. The topological polar surface area (TPSA) is 80.5 Å². The Hall–Kier alpha value is -1.47. The quantitative estimate of drug-likeness (QED) is 0.629. The molecule has 1 saturated heterocycles. The number of nitro groups is 1. The number of nitrogens with zero attached hydrogens (tertiary/aromatic N) is 2. The Morgan fingerprint density at radius 1 is 1.33 bits per heavy atom. The lowest BCUT2D eigenvalue weighted by Gasteiger charge is -2.21. The highest BCUT2D eigenvalue weighted by Gasteiger charge is 2.63. The number of non-ortho nitro benzene ring substituents is 1. The number of sulfonamides is 1. The van der Waals surface area contributed by atoms with Crippen molar-refractivity contribution >= 4 is 15.7 Å². The number of fused-ring (bicyclic) bond motifs is 1. The molecule has 2 aliphatic rings. The molecule has 1 heterocycles. The van der Waals surface area contributed by atoms with Crippen LogP contribution in [0.1, 0.15) is 19.4 Å². The number of rotatable bonds is 4. The SMILES string of the molecule is CC1(C)[C@@H]2CN(S(=O)(=O)Cc3cccc([N+](=O)[O-])c3)C[C@@H]21. The summed E-state index contributed by atoms with van der Waals surface area (Å²) in [6.45, 7) is 5.50. The molecule has 0 spiro atoms. The third kappa shape index (κ3) is 2.44. The largest absolute Gasteiger partial charge is 0.269 e. The number of piperidine rings is 1. The molecule has 1 saturated carbocycles. The van der Waals surface area contributed by atoms with Crippen molar-refractivity contribution in [1.29, 1.82) is 0 Å². The predicted octanol–water partition coefficient (Wildman–Crippen LogP) is 2.01. The molecule has 7 heteroatoms. The minimum Gasteiger partial charge on any atom is -0.258 e. The van der Waals surface area contributed by atoms with Crippen molar-refractivity contribution < 1.29 is 13.3 Å². The molecule has 21 heavy (non-hydrogen) atoms. The van der Waals surface area contributed by atoms with Crippen molar-refractivity contribution in [2.75, 3.05) is 13.1 Å². The molecule has 2 fully saturated rings. The lowest BCUT2D eigenvalue weighted by atomic mass is 10.1. The summed E-state index contributed by atoms with van der Waals surface area (Å²) < 4.78 is 26.4. The van der Waals surface area contributed by atoms with E-state index in [4.69, 9.17) is 0 Å². The lowest BCUT2D eigenvalue weighted by molar-refractivity contribution is -0.384. The first kappa shape index (κ1) is 14.5. The molecular formula is C14H18N2O4S. The third-order valence-corrected chi connectivity index (χ3v) is 6.74. The average Bonchev–Trinajstić information content (AvgIpc) is 2.80. The van der Waals surface area contributed by atoms with Crippen LogP contribution < -0.4 is 0 Å². The second-order valence-corrected chi connectivity index (χ2v) is 8.50. The van der Waals surface area contributed by atoms with Gasteiger partial charge in [0.05, 0.1) is 10.7 Å². The highest BCUT2D eigenvalue weighted by atomic mass is 32.2. The lowest BCUT2D eigenvalue weighted by Crippen LogP contribution is -2.33. The highest BCUT2D eigenvalue weighted by molar-refractivity contribution is 7.88. The summed E-state index contributed by atoms with van der Waals surface area (Å²) >= 11 is 0. The van der Waals surface area contributed by atoms with Gasteiger partial charge in [-0.1, -0.05) is 26.0 Å². The first-order valence-electron chi connectivity index (χ1n) is 6.93. The molecule has 3 rings (SSSR count). The maximum atomic E-state index is 12.4. The van der Waals surface area contributed by atoms with Crippen LogP contribution in [0.15, 0.2) is 24.3 Å². The van der Waals surface area contributed by atoms with Gasteiger partial charge in [0.1, 0.15) is 0 Å². The van der Waals surface area contributed by atoms with E-state index in [1.54, 1.807) is 6.07 Å². The van der Waals surface area contributed by atoms with Crippen LogP contribution in [-0.4, -0.2) is 30.7 Å². The van der Waals surface area contributed by atoms with Crippen LogP contribution in [-0.2, 0) is 15.8 Å². The van der Waals surface area contributed by atoms with Gasteiger partial charge in [0.25, 0.3) is 5.69 Å². The molecule has 1 aromatic carbocycles. The van der Waals surface area contributed by atoms with Crippen LogP contribution in [0.2, 0.25) is 0 Å². The van der Waals surface area contributed by atoms with Gasteiger partial charge in [-0.15, -0.1) is 0 Å². The molecule has 0 unspecified atom stereocenters. The molecule has 0 aromatic heterocycles. The first-order valence-corrected chi connectivity index (χ1v) is 8.54. The van der Waals surface area contributed by atoms with Crippen molar-refractivity contribution in [1.82, 2.24) is 4.31 Å². The monoisotopic (exact) mass is 310 g/mol. The predicted molar refractivity (Wildman–Crippen MR) is 78.1 cm³/mol. The first-order chi connectivity index (χ1) is 9.72. The van der Waals surface area contributed by atoms with Crippen LogP contribution in [0.3, 0.4) is 0 Å². The van der Waals surface area contributed by atoms with E-state index >= 15 is 0 Å². The molecule has 0 bridgehead atoms. The van der Waals surface area contributed by atoms with Gasteiger partial charge in [-0.3, -0.25) is 10.1 Å². The molecule has 0 N–H and O–H groups in total. The normalized spacial score (nSPS) is 27.3. The van der Waals surface area contributed by atoms with E-state index < -0.39 is 14.9 Å². The van der Waals surface area contributed by atoms with Crippen LogP contribution in [0.25, 0.3) is 0 Å². The van der Waals surface area contributed by atoms with E-state index in [9.17, 15) is 18.5 Å². The Kier molecular flexibility index (Phi) is 3.11. The zero-order valence-electron chi connectivity index (χ0n) is 12.0. The van der Waals surface area contributed by atoms with E-state index in [0.29, 0.717) is 30.5 Å². The maximum absolute atomic E-state index is 12.4. The summed E-state index contributed by atoms with van der Waals surface area (Å²) in [4.78, 5) is 10.2. The van der Waals surface area contributed by atoms with Crippen LogP contribution >= 0.6 is 0 Å². The van der Waals surface area contributed by atoms with Gasteiger partial charge < -0.3 is 0 Å². The molecule has 1 aliphatic carbocycles. The molecule has 2 atom stereocenters. The van der Waals surface area contributed by atoms with Crippen molar-refractivity contribution in [3.63, 3.8) is 0 Å². The fourth-order valence-corrected chi connectivity index (χ4v) is 4.94. The minimum absolute atomic E-state index is 0.0758. The van der Waals surface area contributed by atoms with Gasteiger partial charge in [-0.05, 0) is 22.8 Å². The Balaban J connectivity index is 1.73. The molecule has 0 amide bonds. The second-order valence-electron chi connectivity index (χ2n) is 6.53. The molecule has 1 aliphatic heterocycles.